The standard InChI is InChI=1S/C19H25ClN4O2S/c1-19(2,3)26-18(25)24-10-8-23(9-11-24)15-6-4-14(5-7-15)21-12-16-13-22-17(20)27-16/h4-7,13,21H,8-12H2,1-3H3. The summed E-state index contributed by atoms with van der Waals surface area (Å²) in [5.74, 6) is 0. The predicted molar refractivity (Wildman–Crippen MR) is 111 cm³/mol. The first-order valence-corrected chi connectivity index (χ1v) is 10.2. The molecule has 0 saturated carbocycles. The van der Waals surface area contributed by atoms with Gasteiger partial charge in [-0.25, -0.2) is 9.78 Å². The van der Waals surface area contributed by atoms with Crippen molar-refractivity contribution in [2.75, 3.05) is 36.4 Å². The van der Waals surface area contributed by atoms with Crippen LogP contribution in [0.25, 0.3) is 0 Å². The fourth-order valence-electron chi connectivity index (χ4n) is 2.82. The Morgan fingerprint density at radius 1 is 1.22 bits per heavy atom. The van der Waals surface area contributed by atoms with E-state index in [0.29, 0.717) is 24.1 Å². The van der Waals surface area contributed by atoms with Crippen molar-refractivity contribution < 1.29 is 9.53 Å². The minimum Gasteiger partial charge on any atom is -0.444 e. The number of aromatic nitrogens is 1. The van der Waals surface area contributed by atoms with Crippen LogP contribution in [0.4, 0.5) is 16.2 Å². The van der Waals surface area contributed by atoms with Crippen LogP contribution in [0, 0.1) is 0 Å². The molecule has 0 bridgehead atoms. The third-order valence-corrected chi connectivity index (χ3v) is 5.27. The number of benzene rings is 1. The SMILES string of the molecule is CC(C)(C)OC(=O)N1CCN(c2ccc(NCc3cnc(Cl)s3)cc2)CC1. The summed E-state index contributed by atoms with van der Waals surface area (Å²) in [7, 11) is 0. The number of halogens is 1. The van der Waals surface area contributed by atoms with E-state index in [4.69, 9.17) is 16.3 Å². The molecule has 1 amide bonds. The number of hydrogen-bond acceptors (Lipinski definition) is 6. The average Bonchev–Trinajstić information content (AvgIpc) is 3.04. The maximum absolute atomic E-state index is 12.2. The summed E-state index contributed by atoms with van der Waals surface area (Å²) in [6, 6.07) is 8.34. The summed E-state index contributed by atoms with van der Waals surface area (Å²) in [6.45, 7) is 9.30. The van der Waals surface area contributed by atoms with E-state index in [9.17, 15) is 4.79 Å². The Kier molecular flexibility index (Phi) is 6.11. The van der Waals surface area contributed by atoms with E-state index in [2.05, 4.69) is 39.5 Å². The highest BCUT2D eigenvalue weighted by molar-refractivity contribution is 7.15. The molecule has 1 aliphatic rings. The Bertz CT molecular complexity index is 765. The number of rotatable bonds is 4. The molecule has 0 unspecified atom stereocenters. The molecule has 8 heteroatoms. The fourth-order valence-corrected chi connectivity index (χ4v) is 3.74. The van der Waals surface area contributed by atoms with Gasteiger partial charge in [-0.1, -0.05) is 11.6 Å². The van der Waals surface area contributed by atoms with Crippen molar-refractivity contribution in [3.63, 3.8) is 0 Å². The highest BCUT2D eigenvalue weighted by Gasteiger charge is 2.25. The van der Waals surface area contributed by atoms with E-state index >= 15 is 0 Å². The molecule has 1 fully saturated rings. The Morgan fingerprint density at radius 2 is 1.89 bits per heavy atom. The average molecular weight is 409 g/mol. The molecule has 0 radical (unpaired) electrons. The van der Waals surface area contributed by atoms with Crippen molar-refractivity contribution in [3.05, 3.63) is 39.8 Å². The van der Waals surface area contributed by atoms with Crippen molar-refractivity contribution in [3.8, 4) is 0 Å². The summed E-state index contributed by atoms with van der Waals surface area (Å²) < 4.78 is 6.01. The second-order valence-corrected chi connectivity index (χ2v) is 9.13. The van der Waals surface area contributed by atoms with Gasteiger partial charge in [-0.2, -0.15) is 0 Å². The van der Waals surface area contributed by atoms with Gasteiger partial charge in [0.15, 0.2) is 4.47 Å². The molecule has 1 aromatic carbocycles. The summed E-state index contributed by atoms with van der Waals surface area (Å²) in [5.41, 5.74) is 1.75. The number of carbonyl (C=O) groups is 1. The molecule has 1 aliphatic heterocycles. The Balaban J connectivity index is 1.49. The Hall–Kier alpha value is -1.99. The summed E-state index contributed by atoms with van der Waals surface area (Å²) in [4.78, 5) is 21.4. The number of hydrogen-bond donors (Lipinski definition) is 1. The maximum atomic E-state index is 12.2. The molecule has 2 aromatic rings. The Labute approximate surface area is 169 Å². The summed E-state index contributed by atoms with van der Waals surface area (Å²) in [5, 5.41) is 3.37. The molecule has 146 valence electrons. The topological polar surface area (TPSA) is 57.7 Å². The van der Waals surface area contributed by atoms with Crippen LogP contribution in [0.5, 0.6) is 0 Å². The molecule has 1 aromatic heterocycles. The van der Waals surface area contributed by atoms with Crippen LogP contribution in [-0.4, -0.2) is 47.8 Å². The van der Waals surface area contributed by atoms with Gasteiger partial charge >= 0.3 is 6.09 Å². The van der Waals surface area contributed by atoms with Gasteiger partial charge in [0.05, 0.1) is 6.54 Å². The van der Waals surface area contributed by atoms with Crippen molar-refractivity contribution in [2.24, 2.45) is 0 Å². The first kappa shape index (κ1) is 19.8. The molecular formula is C19H25ClN4O2S. The van der Waals surface area contributed by atoms with Crippen molar-refractivity contribution in [1.29, 1.82) is 0 Å². The van der Waals surface area contributed by atoms with Gasteiger partial charge in [0.2, 0.25) is 0 Å². The van der Waals surface area contributed by atoms with E-state index in [0.717, 1.165) is 29.3 Å². The van der Waals surface area contributed by atoms with Gasteiger partial charge < -0.3 is 19.9 Å². The largest absolute Gasteiger partial charge is 0.444 e. The molecule has 0 atom stereocenters. The zero-order valence-electron chi connectivity index (χ0n) is 15.9. The molecule has 0 aliphatic carbocycles. The summed E-state index contributed by atoms with van der Waals surface area (Å²) >= 11 is 7.33. The second-order valence-electron chi connectivity index (χ2n) is 7.43. The van der Waals surface area contributed by atoms with E-state index in [1.54, 1.807) is 11.1 Å². The zero-order chi connectivity index (χ0) is 19.4. The zero-order valence-corrected chi connectivity index (χ0v) is 17.4. The number of nitrogens with zero attached hydrogens (tertiary/aromatic N) is 3. The molecule has 27 heavy (non-hydrogen) atoms. The molecule has 0 spiro atoms. The van der Waals surface area contributed by atoms with E-state index in [-0.39, 0.29) is 6.09 Å². The van der Waals surface area contributed by atoms with Gasteiger partial charge in [0, 0.05) is 48.6 Å². The molecule has 2 heterocycles. The lowest BCUT2D eigenvalue weighted by atomic mass is 10.2. The van der Waals surface area contributed by atoms with Crippen LogP contribution in [0.1, 0.15) is 25.6 Å². The minimum absolute atomic E-state index is 0.232. The van der Waals surface area contributed by atoms with Crippen LogP contribution in [0.3, 0.4) is 0 Å². The fraction of sp³-hybridized carbons (Fsp3) is 0.474. The van der Waals surface area contributed by atoms with Crippen molar-refractivity contribution in [2.45, 2.75) is 32.9 Å². The first-order valence-electron chi connectivity index (χ1n) is 8.97. The van der Waals surface area contributed by atoms with E-state index in [1.807, 2.05) is 20.8 Å². The van der Waals surface area contributed by atoms with Gasteiger partial charge in [0.1, 0.15) is 5.60 Å². The number of ether oxygens (including phenoxy) is 1. The third-order valence-electron chi connectivity index (χ3n) is 4.16. The third kappa shape index (κ3) is 5.74. The Morgan fingerprint density at radius 3 is 2.44 bits per heavy atom. The van der Waals surface area contributed by atoms with Crippen LogP contribution in [0.15, 0.2) is 30.5 Å². The lowest BCUT2D eigenvalue weighted by Gasteiger charge is -2.36. The second kappa shape index (κ2) is 8.35. The van der Waals surface area contributed by atoms with Crippen LogP contribution >= 0.6 is 22.9 Å². The monoisotopic (exact) mass is 408 g/mol. The number of anilines is 2. The molecule has 1 saturated heterocycles. The maximum Gasteiger partial charge on any atom is 0.410 e. The first-order chi connectivity index (χ1) is 12.8. The molecule has 6 nitrogen and oxygen atoms in total. The van der Waals surface area contributed by atoms with Crippen molar-refractivity contribution >= 4 is 40.4 Å². The molecular weight excluding hydrogens is 384 g/mol. The molecule has 3 rings (SSSR count). The van der Waals surface area contributed by atoms with Crippen LogP contribution < -0.4 is 10.2 Å². The lowest BCUT2D eigenvalue weighted by Crippen LogP contribution is -2.50. The normalized spacial score (nSPS) is 15.0. The number of piperazine rings is 1. The van der Waals surface area contributed by atoms with Gasteiger partial charge in [-0.15, -0.1) is 11.3 Å². The van der Waals surface area contributed by atoms with Crippen LogP contribution in [0.2, 0.25) is 4.47 Å². The minimum atomic E-state index is -0.457. The number of nitrogens with one attached hydrogen (secondary N) is 1. The van der Waals surface area contributed by atoms with E-state index in [1.165, 1.54) is 11.3 Å². The van der Waals surface area contributed by atoms with Gasteiger partial charge in [0.25, 0.3) is 0 Å². The van der Waals surface area contributed by atoms with Gasteiger partial charge in [-0.05, 0) is 45.0 Å². The highest BCUT2D eigenvalue weighted by atomic mass is 35.5. The highest BCUT2D eigenvalue weighted by Crippen LogP contribution is 2.22. The lowest BCUT2D eigenvalue weighted by molar-refractivity contribution is 0.0240. The predicted octanol–water partition coefficient (Wildman–Crippen LogP) is 4.47. The quantitative estimate of drug-likeness (QED) is 0.809. The number of thiazole rings is 1. The van der Waals surface area contributed by atoms with Crippen LogP contribution in [-0.2, 0) is 11.3 Å². The van der Waals surface area contributed by atoms with Crippen molar-refractivity contribution in [1.82, 2.24) is 9.88 Å². The molecule has 1 N–H and O–H groups in total. The van der Waals surface area contributed by atoms with Gasteiger partial charge in [-0.3, -0.25) is 0 Å². The summed E-state index contributed by atoms with van der Waals surface area (Å²) in [6.07, 6.45) is 1.56. The smallest absolute Gasteiger partial charge is 0.410 e. The van der Waals surface area contributed by atoms with E-state index < -0.39 is 5.60 Å². The number of carbonyl (C=O) groups excluding carboxylic acids is 1. The number of amides is 1.